The van der Waals surface area contributed by atoms with Crippen molar-refractivity contribution in [2.24, 2.45) is 0 Å². The van der Waals surface area contributed by atoms with Gasteiger partial charge in [-0.05, 0) is 59.4 Å². The van der Waals surface area contributed by atoms with Crippen LogP contribution in [0.2, 0.25) is 0 Å². The normalized spacial score (nSPS) is 18.9. The van der Waals surface area contributed by atoms with E-state index in [1.165, 1.54) is 0 Å². The Morgan fingerprint density at radius 2 is 0.860 bits per heavy atom. The van der Waals surface area contributed by atoms with Gasteiger partial charge in [0.05, 0.1) is 11.4 Å². The van der Waals surface area contributed by atoms with Gasteiger partial charge in [0, 0.05) is 122 Å². The van der Waals surface area contributed by atoms with Crippen LogP contribution in [0, 0.1) is 0 Å². The highest BCUT2D eigenvalue weighted by atomic mass is 16.3. The molecule has 10 heteroatoms. The number of hydrogen-bond donors (Lipinski definition) is 4. The second-order valence-electron chi connectivity index (χ2n) is 14.3. The average Bonchev–Trinajstić information content (AvgIpc) is 3.04. The summed E-state index contributed by atoms with van der Waals surface area (Å²) in [5.74, 6) is -2.25. The molecule has 10 nitrogen and oxygen atoms in total. The summed E-state index contributed by atoms with van der Waals surface area (Å²) < 4.78 is 0. The van der Waals surface area contributed by atoms with E-state index in [9.17, 15) is 10.2 Å². The Labute approximate surface area is 291 Å². The van der Waals surface area contributed by atoms with Crippen molar-refractivity contribution in [3.8, 4) is 11.5 Å². The molecule has 50 heavy (non-hydrogen) atoms. The van der Waals surface area contributed by atoms with Crippen molar-refractivity contribution < 1.29 is 20.4 Å². The molecule has 2 atom stereocenters. The summed E-state index contributed by atoms with van der Waals surface area (Å²) in [5, 5.41) is 58.6. The van der Waals surface area contributed by atoms with Crippen LogP contribution in [0.5, 0.6) is 11.5 Å². The molecule has 6 N–H and O–H groups in total. The van der Waals surface area contributed by atoms with Crippen LogP contribution in [0.1, 0.15) is 23.0 Å². The zero-order valence-corrected chi connectivity index (χ0v) is 29.7. The van der Waals surface area contributed by atoms with Crippen LogP contribution in [0.15, 0.2) is 60.7 Å². The fourth-order valence-corrected chi connectivity index (χ4v) is 8.52. The van der Waals surface area contributed by atoms with E-state index in [0.717, 1.165) is 33.5 Å². The molecule has 0 bridgehead atoms. The number of nitrogens with zero attached hydrogens (tertiary/aromatic N) is 4. The number of nitrogen functional groups attached to an aromatic ring is 2. The van der Waals surface area contributed by atoms with Gasteiger partial charge in [-0.1, -0.05) is 24.3 Å². The minimum Gasteiger partial charge on any atom is -0.851 e. The van der Waals surface area contributed by atoms with Gasteiger partial charge in [0.15, 0.2) is 0 Å². The molecule has 1 aliphatic carbocycles. The third kappa shape index (κ3) is 4.48. The number of anilines is 6. The van der Waals surface area contributed by atoms with Gasteiger partial charge >= 0.3 is 0 Å². The van der Waals surface area contributed by atoms with Crippen molar-refractivity contribution in [3.63, 3.8) is 0 Å². The minimum atomic E-state index is -1.45. The maximum absolute atomic E-state index is 15.1. The first-order valence-corrected chi connectivity index (χ1v) is 16.7. The molecule has 0 spiro atoms. The van der Waals surface area contributed by atoms with Gasteiger partial charge in [-0.3, -0.25) is 0 Å². The minimum absolute atomic E-state index is 0.0668. The van der Waals surface area contributed by atoms with Gasteiger partial charge < -0.3 is 51.5 Å². The number of phenols is 2. The van der Waals surface area contributed by atoms with Crippen molar-refractivity contribution in [1.82, 2.24) is 0 Å². The molecule has 7 rings (SSSR count). The molecule has 0 aromatic heterocycles. The maximum atomic E-state index is 15.1. The quantitative estimate of drug-likeness (QED) is 0.147. The first-order chi connectivity index (χ1) is 23.7. The Morgan fingerprint density at radius 1 is 0.480 bits per heavy atom. The van der Waals surface area contributed by atoms with Gasteiger partial charge in [0.1, 0.15) is 11.5 Å². The number of phenolic OH excluding ortho intramolecular Hbond substituents is 2. The fourth-order valence-electron chi connectivity index (χ4n) is 8.52. The van der Waals surface area contributed by atoms with Crippen molar-refractivity contribution in [3.05, 3.63) is 71.8 Å². The molecule has 0 heterocycles. The summed E-state index contributed by atoms with van der Waals surface area (Å²) in [7, 11) is 15.4. The molecule has 0 amide bonds. The lowest BCUT2D eigenvalue weighted by atomic mass is 9.60. The van der Waals surface area contributed by atoms with Crippen molar-refractivity contribution in [2.75, 3.05) is 87.4 Å². The molecule has 6 aromatic rings. The molecule has 2 unspecified atom stereocenters. The molecule has 0 saturated heterocycles. The molecular weight excluding hydrogens is 628 g/mol. The van der Waals surface area contributed by atoms with Crippen LogP contribution in [-0.4, -0.2) is 78.8 Å². The standard InChI is InChI=1S/C40H44N6O4/c1-43(2)23-15-17-25(47)31-29(23)38(46(7)8)30-24(44(3)4)16-18-26(48)32(30)34(31)36-39(49)35(40(36)50)33-27-19(11-9-13-21(27)41)37(45(5)6)20-12-10-14-22(42)28(20)33/h9-18,35-36,39-40,47-48H,41-42H2,1-8H3/q-2. The van der Waals surface area contributed by atoms with E-state index in [0.29, 0.717) is 54.8 Å². The van der Waals surface area contributed by atoms with E-state index in [2.05, 4.69) is 0 Å². The summed E-state index contributed by atoms with van der Waals surface area (Å²) in [6, 6.07) is 18.1. The molecule has 0 aliphatic heterocycles. The Bertz CT molecular complexity index is 2200. The van der Waals surface area contributed by atoms with E-state index in [-0.39, 0.29) is 11.5 Å². The summed E-state index contributed by atoms with van der Waals surface area (Å²) in [4.78, 5) is 7.86. The number of hydrogen-bond acceptors (Lipinski definition) is 10. The van der Waals surface area contributed by atoms with Gasteiger partial charge in [-0.15, -0.1) is 12.2 Å². The smallest absolute Gasteiger partial charge is 0.123 e. The molecule has 1 saturated carbocycles. The molecule has 6 aromatic carbocycles. The molecule has 260 valence electrons. The fraction of sp³-hybridized carbons (Fsp3) is 0.300. The highest BCUT2D eigenvalue weighted by molar-refractivity contribution is 6.24. The highest BCUT2D eigenvalue weighted by Gasteiger charge is 2.44. The summed E-state index contributed by atoms with van der Waals surface area (Å²) in [6.45, 7) is 0. The number of nitrogens with two attached hydrogens (primary N) is 2. The number of aromatic hydroxyl groups is 2. The van der Waals surface area contributed by atoms with Crippen LogP contribution in [0.3, 0.4) is 0 Å². The van der Waals surface area contributed by atoms with Crippen LogP contribution in [-0.2, 0) is 0 Å². The second-order valence-corrected chi connectivity index (χ2v) is 14.3. The summed E-state index contributed by atoms with van der Waals surface area (Å²) in [6.07, 6.45) is -2.90. The van der Waals surface area contributed by atoms with Crippen molar-refractivity contribution in [1.29, 1.82) is 0 Å². The Balaban J connectivity index is 1.60. The molecule has 1 fully saturated rings. The first-order valence-electron chi connectivity index (χ1n) is 16.7. The summed E-state index contributed by atoms with van der Waals surface area (Å²) >= 11 is 0. The molecular formula is C40H44N6O4-2. The third-order valence-corrected chi connectivity index (χ3v) is 10.5. The van der Waals surface area contributed by atoms with E-state index in [4.69, 9.17) is 11.5 Å². The highest BCUT2D eigenvalue weighted by Crippen LogP contribution is 2.59. The van der Waals surface area contributed by atoms with E-state index >= 15 is 10.2 Å². The van der Waals surface area contributed by atoms with Gasteiger partial charge in [0.2, 0.25) is 0 Å². The number of fused-ring (bicyclic) bond motifs is 4. The monoisotopic (exact) mass is 672 g/mol. The van der Waals surface area contributed by atoms with Crippen molar-refractivity contribution in [2.45, 2.75) is 24.0 Å². The predicted molar refractivity (Wildman–Crippen MR) is 205 cm³/mol. The third-order valence-electron chi connectivity index (χ3n) is 10.5. The van der Waals surface area contributed by atoms with Gasteiger partial charge in [-0.2, -0.15) is 0 Å². The van der Waals surface area contributed by atoms with Gasteiger partial charge in [0.25, 0.3) is 0 Å². The zero-order valence-electron chi connectivity index (χ0n) is 29.7. The van der Waals surface area contributed by atoms with Gasteiger partial charge in [-0.25, -0.2) is 0 Å². The number of benzene rings is 6. The lowest BCUT2D eigenvalue weighted by molar-refractivity contribution is -0.535. The molecule has 0 radical (unpaired) electrons. The van der Waals surface area contributed by atoms with Crippen LogP contribution >= 0.6 is 0 Å². The lowest BCUT2D eigenvalue weighted by Gasteiger charge is -2.62. The van der Waals surface area contributed by atoms with E-state index in [1.807, 2.05) is 112 Å². The number of rotatable bonds is 6. The topological polar surface area (TPSA) is 152 Å². The zero-order chi connectivity index (χ0) is 36.1. The predicted octanol–water partition coefficient (Wildman–Crippen LogP) is 4.48. The van der Waals surface area contributed by atoms with Crippen LogP contribution < -0.4 is 41.3 Å². The summed E-state index contributed by atoms with van der Waals surface area (Å²) in [5.41, 5.74) is 18.5. The van der Waals surface area contributed by atoms with Crippen molar-refractivity contribution >= 4 is 77.2 Å². The SMILES string of the molecule is CN(C)c1c2cccc(N)c2c(C2C([O-])C(c3c4c(O)ccc(N(C)C)c4c(N(C)C)c4c(N(C)C)ccc(O)c34)C2[O-])c2c(N)cccc12. The average molecular weight is 673 g/mol. The Morgan fingerprint density at radius 3 is 1.22 bits per heavy atom. The maximum Gasteiger partial charge on any atom is 0.123 e. The second kappa shape index (κ2) is 11.6. The van der Waals surface area contributed by atoms with E-state index < -0.39 is 24.0 Å². The van der Waals surface area contributed by atoms with E-state index in [1.54, 1.807) is 24.3 Å². The van der Waals surface area contributed by atoms with Crippen LogP contribution in [0.25, 0.3) is 43.1 Å². The molecule has 1 aliphatic rings. The largest absolute Gasteiger partial charge is 0.851 e. The Kier molecular flexibility index (Phi) is 7.73. The first kappa shape index (κ1) is 33.2. The lowest BCUT2D eigenvalue weighted by Crippen LogP contribution is -2.63. The van der Waals surface area contributed by atoms with Crippen LogP contribution in [0.4, 0.5) is 34.1 Å². The Hall–Kier alpha value is -5.32.